The maximum atomic E-state index is 13.4. The van der Waals surface area contributed by atoms with Gasteiger partial charge in [0.15, 0.2) is 5.75 Å². The van der Waals surface area contributed by atoms with Gasteiger partial charge in [-0.3, -0.25) is 0 Å². The van der Waals surface area contributed by atoms with Crippen LogP contribution in [0.5, 0.6) is 5.75 Å². The Kier molecular flexibility index (Phi) is 8.27. The number of thiophene rings is 1. The van der Waals surface area contributed by atoms with Crippen molar-refractivity contribution in [3.05, 3.63) is 8.66 Å². The van der Waals surface area contributed by atoms with Crippen LogP contribution in [0.1, 0.15) is 56.6 Å². The molecule has 0 unspecified atom stereocenters. The van der Waals surface area contributed by atoms with Gasteiger partial charge in [0, 0.05) is 0 Å². The summed E-state index contributed by atoms with van der Waals surface area (Å²) in [4.78, 5) is 28.1. The van der Waals surface area contributed by atoms with E-state index in [1.165, 1.54) is 18.4 Å². The highest BCUT2D eigenvalue weighted by Crippen LogP contribution is 2.49. The molecule has 1 saturated carbocycles. The normalized spacial score (nSPS) is 19.2. The van der Waals surface area contributed by atoms with Gasteiger partial charge in [-0.15, -0.1) is 11.3 Å². The van der Waals surface area contributed by atoms with E-state index in [9.17, 15) is 13.8 Å². The number of nitrogens with zero attached hydrogens (tertiary/aromatic N) is 1. The molecule has 2 heterocycles. The van der Waals surface area contributed by atoms with Crippen LogP contribution in [-0.4, -0.2) is 59.8 Å². The Morgan fingerprint density at radius 3 is 2.59 bits per heavy atom. The molecule has 8 nitrogen and oxygen atoms in total. The third kappa shape index (κ3) is 5.15. The van der Waals surface area contributed by atoms with E-state index in [0.717, 1.165) is 19.3 Å². The van der Waals surface area contributed by atoms with Crippen LogP contribution in [0, 0.1) is 5.92 Å². The molecule has 180 valence electrons. The van der Waals surface area contributed by atoms with Gasteiger partial charge in [-0.25, -0.2) is 18.5 Å². The number of esters is 2. The predicted molar refractivity (Wildman–Crippen MR) is 129 cm³/mol. The molecule has 0 radical (unpaired) electrons. The van der Waals surface area contributed by atoms with Crippen LogP contribution in [0.2, 0.25) is 0 Å². The van der Waals surface area contributed by atoms with Gasteiger partial charge < -0.3 is 19.1 Å². The molecule has 1 fully saturated rings. The third-order valence-electron chi connectivity index (χ3n) is 5.70. The molecule has 1 aliphatic carbocycles. The number of carbonyl (C=O) groups excluding carboxylic acids is 2. The largest absolute Gasteiger partial charge is 0.487 e. The Balaban J connectivity index is 2.09. The molecule has 2 aliphatic rings. The molecule has 32 heavy (non-hydrogen) atoms. The molecule has 0 bridgehead atoms. The highest BCUT2D eigenvalue weighted by molar-refractivity contribution is 9.11. The molecule has 11 heteroatoms. The van der Waals surface area contributed by atoms with Gasteiger partial charge in [0.25, 0.3) is 0 Å². The van der Waals surface area contributed by atoms with E-state index in [4.69, 9.17) is 14.2 Å². The molecular formula is C21H31BrN2O6S2. The first-order valence-corrected chi connectivity index (χ1v) is 13.5. The summed E-state index contributed by atoms with van der Waals surface area (Å²) in [6.07, 6.45) is 2.93. The summed E-state index contributed by atoms with van der Waals surface area (Å²) in [6.45, 7) is 8.40. The topological polar surface area (TPSA) is 94.2 Å². The van der Waals surface area contributed by atoms with Crippen molar-refractivity contribution in [1.82, 2.24) is 4.72 Å². The maximum Gasteiger partial charge on any atom is 0.350 e. The third-order valence-corrected chi connectivity index (χ3v) is 9.07. The van der Waals surface area contributed by atoms with Crippen LogP contribution in [0.3, 0.4) is 0 Å². The van der Waals surface area contributed by atoms with E-state index in [0.29, 0.717) is 33.3 Å². The van der Waals surface area contributed by atoms with Crippen LogP contribution >= 0.6 is 27.3 Å². The maximum absolute atomic E-state index is 13.4. The standard InChI is InChI=1S/C21H31BrN2O6S2/c1-6-29-19(25)14(13(12-8-7-9-12)23-32(27)21(2,3)4)24-10-11-30-16-15(24)17(20(26)28-5)31-18(16)22/h12-14,23H,6-11H2,1-5H3/t13-,14+,32-/m0/s1. The molecule has 3 atom stereocenters. The van der Waals surface area contributed by atoms with Gasteiger partial charge in [-0.05, 0) is 62.4 Å². The zero-order valence-corrected chi connectivity index (χ0v) is 22.3. The fourth-order valence-corrected chi connectivity index (χ4v) is 6.46. The Bertz CT molecular complexity index is 880. The minimum atomic E-state index is -1.38. The zero-order valence-electron chi connectivity index (χ0n) is 19.1. The van der Waals surface area contributed by atoms with Crippen LogP contribution in [-0.2, 0) is 25.3 Å². The number of rotatable bonds is 8. The lowest BCUT2D eigenvalue weighted by Gasteiger charge is -2.44. The van der Waals surface area contributed by atoms with Crippen LogP contribution < -0.4 is 14.4 Å². The molecule has 0 amide bonds. The monoisotopic (exact) mass is 550 g/mol. The quantitative estimate of drug-likeness (QED) is 0.493. The number of fused-ring (bicyclic) bond motifs is 1. The summed E-state index contributed by atoms with van der Waals surface area (Å²) >= 11 is 4.69. The molecular weight excluding hydrogens is 520 g/mol. The number of halogens is 1. The zero-order chi connectivity index (χ0) is 23.6. The van der Waals surface area contributed by atoms with Crippen molar-refractivity contribution in [2.24, 2.45) is 5.92 Å². The second kappa shape index (κ2) is 10.4. The van der Waals surface area contributed by atoms with Crippen molar-refractivity contribution in [2.45, 2.75) is 63.8 Å². The Morgan fingerprint density at radius 2 is 2.06 bits per heavy atom. The lowest BCUT2D eigenvalue weighted by molar-refractivity contribution is -0.146. The summed E-state index contributed by atoms with van der Waals surface area (Å²) in [5.74, 6) is -0.221. The molecule has 0 aromatic carbocycles. The Morgan fingerprint density at radius 1 is 1.38 bits per heavy atom. The summed E-state index contributed by atoms with van der Waals surface area (Å²) in [5.41, 5.74) is 0.519. The number of carbonyl (C=O) groups is 2. The smallest absolute Gasteiger partial charge is 0.350 e. The van der Waals surface area contributed by atoms with Crippen molar-refractivity contribution in [1.29, 1.82) is 0 Å². The van der Waals surface area contributed by atoms with Gasteiger partial charge in [0.2, 0.25) is 0 Å². The number of methoxy groups -OCH3 is 1. The van der Waals surface area contributed by atoms with E-state index in [2.05, 4.69) is 20.7 Å². The highest BCUT2D eigenvalue weighted by Gasteiger charge is 2.46. The Labute approximate surface area is 204 Å². The summed E-state index contributed by atoms with van der Waals surface area (Å²) in [5, 5.41) is 0. The number of hydrogen-bond acceptors (Lipinski definition) is 8. The van der Waals surface area contributed by atoms with Crippen molar-refractivity contribution in [3.63, 3.8) is 0 Å². The molecule has 1 aliphatic heterocycles. The van der Waals surface area contributed by atoms with Gasteiger partial charge in [0.1, 0.15) is 27.0 Å². The summed E-state index contributed by atoms with van der Waals surface area (Å²) < 4.78 is 32.8. The number of anilines is 1. The van der Waals surface area contributed by atoms with E-state index in [1.54, 1.807) is 6.92 Å². The average molecular weight is 552 g/mol. The summed E-state index contributed by atoms with van der Waals surface area (Å²) in [6, 6.07) is -1.17. The van der Waals surface area contributed by atoms with Crippen molar-refractivity contribution < 1.29 is 28.0 Å². The van der Waals surface area contributed by atoms with Crippen LogP contribution in [0.4, 0.5) is 5.69 Å². The minimum Gasteiger partial charge on any atom is -0.487 e. The predicted octanol–water partition coefficient (Wildman–Crippen LogP) is 3.65. The number of hydrogen-bond donors (Lipinski definition) is 1. The number of nitrogens with one attached hydrogen (secondary N) is 1. The SMILES string of the molecule is CCOC(=O)[C@@H]([C@@H](N[S@@](=O)C(C)(C)C)C1CCC1)N1CCOc2c(Br)sc(C(=O)OC)c21. The molecule has 1 N–H and O–H groups in total. The van der Waals surface area contributed by atoms with E-state index >= 15 is 0 Å². The fraction of sp³-hybridized carbons (Fsp3) is 0.714. The fourth-order valence-electron chi connectivity index (χ4n) is 3.85. The average Bonchev–Trinajstić information content (AvgIpc) is 3.03. The minimum absolute atomic E-state index is 0.172. The molecule has 1 aromatic rings. The van der Waals surface area contributed by atoms with E-state index < -0.39 is 39.8 Å². The first kappa shape index (κ1) is 25.5. The molecule has 0 saturated heterocycles. The highest BCUT2D eigenvalue weighted by atomic mass is 79.9. The van der Waals surface area contributed by atoms with E-state index in [-0.39, 0.29) is 12.5 Å². The van der Waals surface area contributed by atoms with Crippen molar-refractivity contribution >= 4 is 55.9 Å². The Hall–Kier alpha value is -1.17. The first-order chi connectivity index (χ1) is 15.1. The molecule has 0 spiro atoms. The lowest BCUT2D eigenvalue weighted by atomic mass is 9.77. The summed E-state index contributed by atoms with van der Waals surface area (Å²) in [7, 11) is -0.0597. The van der Waals surface area contributed by atoms with Crippen molar-refractivity contribution in [2.75, 3.05) is 31.8 Å². The van der Waals surface area contributed by atoms with Gasteiger partial charge >= 0.3 is 11.9 Å². The lowest BCUT2D eigenvalue weighted by Crippen LogP contribution is -2.62. The van der Waals surface area contributed by atoms with Crippen molar-refractivity contribution in [3.8, 4) is 5.75 Å². The van der Waals surface area contributed by atoms with Gasteiger partial charge in [-0.1, -0.05) is 6.42 Å². The van der Waals surface area contributed by atoms with Gasteiger partial charge in [0.05, 0.1) is 42.0 Å². The first-order valence-electron chi connectivity index (χ1n) is 10.7. The molecule has 3 rings (SSSR count). The second-order valence-electron chi connectivity index (χ2n) is 8.83. The molecule has 1 aromatic heterocycles. The van der Waals surface area contributed by atoms with Gasteiger partial charge in [-0.2, -0.15) is 0 Å². The second-order valence-corrected chi connectivity index (χ2v) is 13.2. The van der Waals surface area contributed by atoms with Crippen LogP contribution in [0.25, 0.3) is 0 Å². The van der Waals surface area contributed by atoms with Crippen LogP contribution in [0.15, 0.2) is 3.79 Å². The number of ether oxygens (including phenoxy) is 3. The van der Waals surface area contributed by atoms with E-state index in [1.807, 2.05) is 25.7 Å².